The van der Waals surface area contributed by atoms with Gasteiger partial charge in [0, 0.05) is 12.1 Å². The number of ketones is 2. The first-order chi connectivity index (χ1) is 8.45. The molecule has 0 atom stereocenters. The van der Waals surface area contributed by atoms with Crippen LogP contribution in [0.5, 0.6) is 0 Å². The summed E-state index contributed by atoms with van der Waals surface area (Å²) in [6, 6.07) is 0.933. The van der Waals surface area contributed by atoms with Crippen molar-refractivity contribution in [1.29, 1.82) is 0 Å². The lowest BCUT2D eigenvalue weighted by atomic mass is 9.99. The molecule has 0 radical (unpaired) electrons. The number of H-pyrrole nitrogens is 1. The van der Waals surface area contributed by atoms with Crippen molar-refractivity contribution in [1.82, 2.24) is 4.98 Å². The second-order valence-electron chi connectivity index (χ2n) is 3.47. The van der Waals surface area contributed by atoms with E-state index in [-0.39, 0.29) is 21.4 Å². The van der Waals surface area contributed by atoms with Crippen LogP contribution in [0.1, 0.15) is 31.3 Å². The Balaban J connectivity index is 2.73. The molecule has 1 heterocycles. The van der Waals surface area contributed by atoms with Crippen LogP contribution in [0.3, 0.4) is 0 Å². The molecule has 18 heavy (non-hydrogen) atoms. The quantitative estimate of drug-likeness (QED) is 0.775. The number of pyridine rings is 1. The van der Waals surface area contributed by atoms with Gasteiger partial charge in [-0.15, -0.1) is 0 Å². The molecule has 1 N–H and O–H groups in total. The lowest BCUT2D eigenvalue weighted by Crippen LogP contribution is -2.27. The standard InChI is InChI=1S/C11H6BrNO5/c1-18-11(17)5-3-7(15)8-6(14)2-4(12)10(16)9(8)13-5/h2-3H,1H3,(H,13,15). The molecule has 0 bridgehead atoms. The van der Waals surface area contributed by atoms with E-state index < -0.39 is 23.0 Å². The number of fused-ring (bicyclic) bond motifs is 1. The number of carbonyl (C=O) groups excluding carboxylic acids is 3. The van der Waals surface area contributed by atoms with Gasteiger partial charge in [0.25, 0.3) is 0 Å². The van der Waals surface area contributed by atoms with E-state index in [0.717, 1.165) is 19.3 Å². The highest BCUT2D eigenvalue weighted by atomic mass is 79.9. The summed E-state index contributed by atoms with van der Waals surface area (Å²) < 4.78 is 4.47. The third-order valence-electron chi connectivity index (χ3n) is 2.39. The molecule has 7 heteroatoms. The fraction of sp³-hybridized carbons (Fsp3) is 0.0909. The first kappa shape index (κ1) is 12.4. The van der Waals surface area contributed by atoms with Crippen LogP contribution in [-0.4, -0.2) is 29.6 Å². The summed E-state index contributed by atoms with van der Waals surface area (Å²) in [6.45, 7) is 0. The summed E-state index contributed by atoms with van der Waals surface area (Å²) in [5.74, 6) is -1.94. The van der Waals surface area contributed by atoms with Gasteiger partial charge in [0.2, 0.25) is 5.78 Å². The van der Waals surface area contributed by atoms with Crippen molar-refractivity contribution in [2.75, 3.05) is 7.11 Å². The van der Waals surface area contributed by atoms with Gasteiger partial charge in [-0.1, -0.05) is 0 Å². The molecule has 0 amide bonds. The number of ether oxygens (including phenoxy) is 1. The van der Waals surface area contributed by atoms with Gasteiger partial charge < -0.3 is 9.72 Å². The number of esters is 1. The van der Waals surface area contributed by atoms with Gasteiger partial charge in [0.15, 0.2) is 11.2 Å². The van der Waals surface area contributed by atoms with Crippen LogP contribution in [0.2, 0.25) is 0 Å². The van der Waals surface area contributed by atoms with Gasteiger partial charge in [-0.3, -0.25) is 14.4 Å². The van der Waals surface area contributed by atoms with E-state index in [4.69, 9.17) is 0 Å². The fourth-order valence-electron chi connectivity index (χ4n) is 1.57. The molecule has 0 saturated carbocycles. The van der Waals surface area contributed by atoms with E-state index in [1.807, 2.05) is 0 Å². The maximum atomic E-state index is 11.8. The smallest absolute Gasteiger partial charge is 0.354 e. The minimum Gasteiger partial charge on any atom is -0.464 e. The normalized spacial score (nSPS) is 14.0. The van der Waals surface area contributed by atoms with Crippen molar-refractivity contribution >= 4 is 33.5 Å². The van der Waals surface area contributed by atoms with E-state index in [2.05, 4.69) is 25.7 Å². The molecular weight excluding hydrogens is 306 g/mol. The first-order valence-electron chi connectivity index (χ1n) is 4.77. The molecule has 6 nitrogen and oxygen atoms in total. The molecule has 0 unspecified atom stereocenters. The van der Waals surface area contributed by atoms with E-state index >= 15 is 0 Å². The predicted molar refractivity (Wildman–Crippen MR) is 64.1 cm³/mol. The van der Waals surface area contributed by atoms with Crippen molar-refractivity contribution < 1.29 is 19.1 Å². The molecule has 0 aromatic carbocycles. The van der Waals surface area contributed by atoms with Crippen molar-refractivity contribution in [2.45, 2.75) is 0 Å². The second kappa shape index (κ2) is 4.34. The zero-order chi connectivity index (χ0) is 13.4. The topological polar surface area (TPSA) is 93.3 Å². The number of hydrogen-bond donors (Lipinski definition) is 1. The lowest BCUT2D eigenvalue weighted by molar-refractivity contribution is 0.0593. The van der Waals surface area contributed by atoms with Crippen molar-refractivity contribution in [3.8, 4) is 0 Å². The van der Waals surface area contributed by atoms with Gasteiger partial charge in [0.1, 0.15) is 11.4 Å². The highest BCUT2D eigenvalue weighted by Gasteiger charge is 2.28. The van der Waals surface area contributed by atoms with Crippen LogP contribution in [0.4, 0.5) is 0 Å². The number of Topliss-reactive ketones (excluding diaryl/α,β-unsaturated/α-hetero) is 1. The average molecular weight is 312 g/mol. The van der Waals surface area contributed by atoms with Crippen LogP contribution in [0.15, 0.2) is 21.4 Å². The van der Waals surface area contributed by atoms with Gasteiger partial charge in [0.05, 0.1) is 17.2 Å². The Hall–Kier alpha value is -2.02. The van der Waals surface area contributed by atoms with Crippen molar-refractivity contribution in [2.24, 2.45) is 0 Å². The minimum absolute atomic E-state index is 0.0256. The van der Waals surface area contributed by atoms with Gasteiger partial charge >= 0.3 is 5.97 Å². The fourth-order valence-corrected chi connectivity index (χ4v) is 1.97. The molecule has 1 aliphatic carbocycles. The summed E-state index contributed by atoms with van der Waals surface area (Å²) in [7, 11) is 1.14. The summed E-state index contributed by atoms with van der Waals surface area (Å²) in [5, 5.41) is 0. The summed E-state index contributed by atoms with van der Waals surface area (Å²) in [5.41, 5.74) is -1.35. The highest BCUT2D eigenvalue weighted by molar-refractivity contribution is 9.12. The number of hydrogen-bond acceptors (Lipinski definition) is 5. The van der Waals surface area contributed by atoms with Crippen LogP contribution >= 0.6 is 15.9 Å². The Morgan fingerprint density at radius 3 is 2.61 bits per heavy atom. The number of rotatable bonds is 1. The van der Waals surface area contributed by atoms with Gasteiger partial charge in [-0.25, -0.2) is 4.79 Å². The monoisotopic (exact) mass is 311 g/mol. The third kappa shape index (κ3) is 1.82. The summed E-state index contributed by atoms with van der Waals surface area (Å²) >= 11 is 2.92. The number of aromatic nitrogens is 1. The molecule has 0 aliphatic heterocycles. The van der Waals surface area contributed by atoms with E-state index in [1.54, 1.807) is 0 Å². The minimum atomic E-state index is -0.791. The SMILES string of the molecule is COC(=O)c1cc(=O)c2c([nH]1)C(=O)C(Br)=CC2=O. The van der Waals surface area contributed by atoms with Crippen LogP contribution in [0, 0.1) is 0 Å². The number of nitrogens with one attached hydrogen (secondary N) is 1. The van der Waals surface area contributed by atoms with Crippen molar-refractivity contribution in [3.05, 3.63) is 43.8 Å². The molecule has 1 aromatic rings. The summed E-state index contributed by atoms with van der Waals surface area (Å²) in [6.07, 6.45) is 1.03. The Morgan fingerprint density at radius 2 is 2.00 bits per heavy atom. The number of halogens is 1. The Kier molecular flexibility index (Phi) is 3.00. The van der Waals surface area contributed by atoms with Gasteiger partial charge in [-0.05, 0) is 15.9 Å². The van der Waals surface area contributed by atoms with Crippen LogP contribution in [0.25, 0.3) is 0 Å². The van der Waals surface area contributed by atoms with E-state index in [9.17, 15) is 19.2 Å². The molecule has 1 aromatic heterocycles. The predicted octanol–water partition coefficient (Wildman–Crippen LogP) is 0.819. The molecular formula is C11H6BrNO5. The third-order valence-corrected chi connectivity index (χ3v) is 2.97. The Labute approximate surface area is 109 Å². The number of methoxy groups -OCH3 is 1. The number of allylic oxidation sites excluding steroid dienone is 2. The molecule has 92 valence electrons. The Morgan fingerprint density at radius 1 is 1.33 bits per heavy atom. The lowest BCUT2D eigenvalue weighted by Gasteiger charge is -2.11. The zero-order valence-corrected chi connectivity index (χ0v) is 10.7. The second-order valence-corrected chi connectivity index (χ2v) is 4.33. The maximum absolute atomic E-state index is 11.8. The van der Waals surface area contributed by atoms with E-state index in [1.165, 1.54) is 0 Å². The highest BCUT2D eigenvalue weighted by Crippen LogP contribution is 2.21. The van der Waals surface area contributed by atoms with Gasteiger partial charge in [-0.2, -0.15) is 0 Å². The van der Waals surface area contributed by atoms with Crippen LogP contribution < -0.4 is 5.43 Å². The zero-order valence-electron chi connectivity index (χ0n) is 9.07. The number of aromatic amines is 1. The molecule has 0 saturated heterocycles. The molecule has 0 spiro atoms. The van der Waals surface area contributed by atoms with Crippen LogP contribution in [-0.2, 0) is 4.74 Å². The summed E-state index contributed by atoms with van der Waals surface area (Å²) in [4.78, 5) is 48.9. The number of carbonyl (C=O) groups is 3. The Bertz CT molecular complexity index is 671. The average Bonchev–Trinajstić information content (AvgIpc) is 2.34. The van der Waals surface area contributed by atoms with Crippen molar-refractivity contribution in [3.63, 3.8) is 0 Å². The van der Waals surface area contributed by atoms with E-state index in [0.29, 0.717) is 0 Å². The molecule has 2 rings (SSSR count). The first-order valence-corrected chi connectivity index (χ1v) is 5.57. The molecule has 0 fully saturated rings. The maximum Gasteiger partial charge on any atom is 0.354 e. The molecule has 1 aliphatic rings. The largest absolute Gasteiger partial charge is 0.464 e.